The molecule has 3 aromatic rings. The third-order valence-corrected chi connectivity index (χ3v) is 5.35. The number of aromatic carboxylic acids is 1. The van der Waals surface area contributed by atoms with Crippen molar-refractivity contribution in [2.75, 3.05) is 18.0 Å². The predicted molar refractivity (Wildman–Crippen MR) is 107 cm³/mol. The summed E-state index contributed by atoms with van der Waals surface area (Å²) in [5.41, 5.74) is 2.93. The highest BCUT2D eigenvalue weighted by Gasteiger charge is 2.16. The monoisotopic (exact) mass is 381 g/mol. The highest BCUT2D eigenvalue weighted by Crippen LogP contribution is 2.26. The van der Waals surface area contributed by atoms with E-state index in [1.54, 1.807) is 10.6 Å². The lowest BCUT2D eigenvalue weighted by Crippen LogP contribution is -2.35. The van der Waals surface area contributed by atoms with Gasteiger partial charge in [-0.25, -0.2) is 4.79 Å². The first-order valence-electron chi connectivity index (χ1n) is 8.87. The van der Waals surface area contributed by atoms with Gasteiger partial charge in [0.2, 0.25) is 0 Å². The zero-order chi connectivity index (χ0) is 19.0. The van der Waals surface area contributed by atoms with Gasteiger partial charge in [-0.1, -0.05) is 18.2 Å². The fourth-order valence-corrected chi connectivity index (χ4v) is 3.94. The highest BCUT2D eigenvalue weighted by atomic mass is 32.1. The molecule has 6 nitrogen and oxygen atoms in total. The van der Waals surface area contributed by atoms with Crippen molar-refractivity contribution in [1.82, 2.24) is 9.55 Å². The maximum absolute atomic E-state index is 12.9. The lowest BCUT2D eigenvalue weighted by molar-refractivity contribution is 0.0697. The molecule has 27 heavy (non-hydrogen) atoms. The van der Waals surface area contributed by atoms with Gasteiger partial charge in [0.15, 0.2) is 4.77 Å². The molecule has 0 unspecified atom stereocenters. The lowest BCUT2D eigenvalue weighted by atomic mass is 10.0. The molecule has 0 bridgehead atoms. The number of anilines is 1. The van der Waals surface area contributed by atoms with E-state index in [2.05, 4.69) is 28.1 Å². The molecule has 2 N–H and O–H groups in total. The third-order valence-electron chi connectivity index (χ3n) is 5.03. The number of nitrogens with one attached hydrogen (secondary N) is 1. The Labute approximate surface area is 160 Å². The van der Waals surface area contributed by atoms with E-state index in [1.165, 1.54) is 23.4 Å². The first kappa shape index (κ1) is 17.5. The number of nitrogens with zero attached hydrogens (tertiary/aromatic N) is 2. The number of benzene rings is 2. The van der Waals surface area contributed by atoms with E-state index in [9.17, 15) is 9.59 Å². The van der Waals surface area contributed by atoms with E-state index in [0.29, 0.717) is 28.8 Å². The molecule has 1 aliphatic rings. The normalized spacial score (nSPS) is 13.6. The number of fused-ring (bicyclic) bond motifs is 2. The minimum absolute atomic E-state index is 0.121. The Morgan fingerprint density at radius 1 is 1.19 bits per heavy atom. The minimum Gasteiger partial charge on any atom is -0.478 e. The third kappa shape index (κ3) is 3.26. The molecule has 0 spiro atoms. The van der Waals surface area contributed by atoms with Crippen LogP contribution in [0.4, 0.5) is 5.69 Å². The van der Waals surface area contributed by atoms with Crippen molar-refractivity contribution < 1.29 is 9.90 Å². The van der Waals surface area contributed by atoms with Gasteiger partial charge in [-0.2, -0.15) is 0 Å². The second-order valence-electron chi connectivity index (χ2n) is 6.67. The maximum atomic E-state index is 12.9. The Balaban J connectivity index is 1.65. The van der Waals surface area contributed by atoms with Crippen LogP contribution in [0.2, 0.25) is 0 Å². The molecule has 0 amide bonds. The van der Waals surface area contributed by atoms with E-state index < -0.39 is 5.97 Å². The molecule has 1 aromatic heterocycles. The van der Waals surface area contributed by atoms with Crippen molar-refractivity contribution >= 4 is 34.8 Å². The van der Waals surface area contributed by atoms with Gasteiger partial charge in [-0.05, 0) is 54.9 Å². The van der Waals surface area contributed by atoms with Gasteiger partial charge in [0.1, 0.15) is 0 Å². The number of hydrogen-bond donors (Lipinski definition) is 2. The molecule has 0 atom stereocenters. The fourth-order valence-electron chi connectivity index (χ4n) is 3.66. The Kier molecular flexibility index (Phi) is 4.53. The van der Waals surface area contributed by atoms with E-state index in [1.807, 2.05) is 6.07 Å². The van der Waals surface area contributed by atoms with E-state index in [-0.39, 0.29) is 11.1 Å². The van der Waals surface area contributed by atoms with Crippen LogP contribution in [-0.4, -0.2) is 33.7 Å². The molecule has 1 aliphatic heterocycles. The summed E-state index contributed by atoms with van der Waals surface area (Å²) >= 11 is 5.36. The number of H-pyrrole nitrogens is 1. The summed E-state index contributed by atoms with van der Waals surface area (Å²) in [5.74, 6) is -1.04. The number of aryl methyl sites for hydroxylation is 1. The van der Waals surface area contributed by atoms with Crippen molar-refractivity contribution in [2.45, 2.75) is 19.4 Å². The Morgan fingerprint density at radius 3 is 2.81 bits per heavy atom. The predicted octanol–water partition coefficient (Wildman–Crippen LogP) is 3.21. The summed E-state index contributed by atoms with van der Waals surface area (Å²) in [7, 11) is 0. The number of aromatic amines is 1. The quantitative estimate of drug-likeness (QED) is 0.679. The van der Waals surface area contributed by atoms with Crippen LogP contribution in [0, 0.1) is 4.77 Å². The minimum atomic E-state index is -1.04. The average Bonchev–Trinajstić information content (AvgIpc) is 2.67. The first-order chi connectivity index (χ1) is 13.0. The van der Waals surface area contributed by atoms with Crippen LogP contribution in [-0.2, 0) is 13.0 Å². The van der Waals surface area contributed by atoms with Crippen molar-refractivity contribution in [3.8, 4) is 0 Å². The molecule has 0 saturated carbocycles. The lowest BCUT2D eigenvalue weighted by Gasteiger charge is -2.31. The number of carbonyl (C=O) groups is 1. The van der Waals surface area contributed by atoms with Gasteiger partial charge >= 0.3 is 5.97 Å². The first-order valence-corrected chi connectivity index (χ1v) is 9.28. The number of aromatic nitrogens is 2. The van der Waals surface area contributed by atoms with Gasteiger partial charge in [0.25, 0.3) is 5.56 Å². The Hall–Kier alpha value is -2.93. The van der Waals surface area contributed by atoms with Gasteiger partial charge in [0, 0.05) is 25.3 Å². The van der Waals surface area contributed by atoms with Gasteiger partial charge < -0.3 is 15.0 Å². The second-order valence-corrected chi connectivity index (χ2v) is 7.06. The Morgan fingerprint density at radius 2 is 2.00 bits per heavy atom. The standard InChI is InChI=1S/C20H19N3O3S/c24-18-15-8-7-14(19(25)26)12-16(15)21-20(27)23(18)11-10-22-9-3-5-13-4-1-2-6-17(13)22/h1-2,4,6-8,12H,3,5,9-11H2,(H,21,27)(H,25,26). The summed E-state index contributed by atoms with van der Waals surface area (Å²) in [5, 5.41) is 9.55. The largest absolute Gasteiger partial charge is 0.478 e. The van der Waals surface area contributed by atoms with Crippen molar-refractivity contribution in [1.29, 1.82) is 0 Å². The van der Waals surface area contributed by atoms with Gasteiger partial charge in [-0.3, -0.25) is 9.36 Å². The fraction of sp³-hybridized carbons (Fsp3) is 0.250. The number of rotatable bonds is 4. The maximum Gasteiger partial charge on any atom is 0.335 e. The molecule has 0 fully saturated rings. The second kappa shape index (κ2) is 7.00. The van der Waals surface area contributed by atoms with Crippen LogP contribution in [0.15, 0.2) is 47.3 Å². The number of hydrogen-bond acceptors (Lipinski definition) is 4. The molecule has 2 heterocycles. The van der Waals surface area contributed by atoms with Crippen LogP contribution in [0.3, 0.4) is 0 Å². The molecular weight excluding hydrogens is 362 g/mol. The van der Waals surface area contributed by atoms with Crippen molar-refractivity contribution in [3.63, 3.8) is 0 Å². The Bertz CT molecular complexity index is 1150. The zero-order valence-electron chi connectivity index (χ0n) is 14.6. The van der Waals surface area contributed by atoms with Crippen LogP contribution in [0.1, 0.15) is 22.3 Å². The number of carboxylic acid groups (broad SMARTS) is 1. The highest BCUT2D eigenvalue weighted by molar-refractivity contribution is 7.71. The smallest absolute Gasteiger partial charge is 0.335 e. The van der Waals surface area contributed by atoms with E-state index in [4.69, 9.17) is 17.3 Å². The summed E-state index contributed by atoms with van der Waals surface area (Å²) in [6.07, 6.45) is 2.17. The average molecular weight is 381 g/mol. The summed E-state index contributed by atoms with van der Waals surface area (Å²) < 4.78 is 1.86. The van der Waals surface area contributed by atoms with Crippen LogP contribution in [0.5, 0.6) is 0 Å². The number of carboxylic acids is 1. The van der Waals surface area contributed by atoms with Crippen molar-refractivity contribution in [2.24, 2.45) is 0 Å². The van der Waals surface area contributed by atoms with E-state index >= 15 is 0 Å². The van der Waals surface area contributed by atoms with E-state index in [0.717, 1.165) is 19.4 Å². The molecule has 0 saturated heterocycles. The molecular formula is C20H19N3O3S. The molecule has 4 rings (SSSR count). The molecule has 7 heteroatoms. The van der Waals surface area contributed by atoms with Crippen LogP contribution >= 0.6 is 12.2 Å². The zero-order valence-corrected chi connectivity index (χ0v) is 15.5. The van der Waals surface area contributed by atoms with Gasteiger partial charge in [0.05, 0.1) is 16.5 Å². The summed E-state index contributed by atoms with van der Waals surface area (Å²) in [6, 6.07) is 12.8. The number of para-hydroxylation sites is 1. The SMILES string of the molecule is O=C(O)c1ccc2c(=O)n(CCN3CCCc4ccccc43)c(=S)[nH]c2c1. The summed E-state index contributed by atoms with van der Waals surface area (Å²) in [4.78, 5) is 29.3. The van der Waals surface area contributed by atoms with Crippen LogP contribution in [0.25, 0.3) is 10.9 Å². The molecule has 138 valence electrons. The molecule has 0 radical (unpaired) electrons. The molecule has 0 aliphatic carbocycles. The van der Waals surface area contributed by atoms with Crippen LogP contribution < -0.4 is 10.5 Å². The van der Waals surface area contributed by atoms with Gasteiger partial charge in [-0.15, -0.1) is 0 Å². The summed E-state index contributed by atoms with van der Waals surface area (Å²) in [6.45, 7) is 2.12. The molecule has 2 aromatic carbocycles. The van der Waals surface area contributed by atoms with Crippen molar-refractivity contribution in [3.05, 3.63) is 68.7 Å². The topological polar surface area (TPSA) is 78.3 Å².